The third-order valence-electron chi connectivity index (χ3n) is 14.3. The summed E-state index contributed by atoms with van der Waals surface area (Å²) >= 11 is 0. The number of ketones is 1. The fourth-order valence-electron chi connectivity index (χ4n) is 11.1. The van der Waals surface area contributed by atoms with Gasteiger partial charge in [0.1, 0.15) is 42.4 Å². The highest BCUT2D eigenvalue weighted by atomic mass is 16.6. The third kappa shape index (κ3) is 8.41. The largest absolute Gasteiger partial charge is 0.459 e. The zero-order valence-corrected chi connectivity index (χ0v) is 33.1. The summed E-state index contributed by atoms with van der Waals surface area (Å²) < 4.78 is 51.4. The Morgan fingerprint density at radius 3 is 2.14 bits per heavy atom. The van der Waals surface area contributed by atoms with Crippen LogP contribution >= 0.6 is 0 Å². The molecule has 0 aliphatic carbocycles. The number of Topliss-reactive ketones (excluding diaryl/α,β-unsaturated/α-hetero) is 1. The van der Waals surface area contributed by atoms with Crippen LogP contribution in [-0.2, 0) is 47.5 Å². The molecule has 0 aromatic carbocycles. The van der Waals surface area contributed by atoms with Gasteiger partial charge in [0.2, 0.25) is 0 Å². The van der Waals surface area contributed by atoms with Crippen molar-refractivity contribution in [3.8, 4) is 0 Å². The van der Waals surface area contributed by atoms with Crippen LogP contribution in [-0.4, -0.2) is 149 Å². The average molecular weight is 793 g/mol. The molecule has 56 heavy (non-hydrogen) atoms. The highest BCUT2D eigenvalue weighted by Crippen LogP contribution is 2.44. The Labute approximate surface area is 329 Å². The number of hydrogen-bond acceptors (Lipinski definition) is 14. The van der Waals surface area contributed by atoms with Gasteiger partial charge in [-0.05, 0) is 68.8 Å². The van der Waals surface area contributed by atoms with Crippen molar-refractivity contribution in [2.45, 2.75) is 214 Å². The summed E-state index contributed by atoms with van der Waals surface area (Å²) in [5.74, 6) is -0.264. The second kappa shape index (κ2) is 17.2. The van der Waals surface area contributed by atoms with E-state index in [0.29, 0.717) is 44.4 Å². The Hall–Kier alpha value is -1.56. The van der Waals surface area contributed by atoms with Gasteiger partial charge in [0.15, 0.2) is 0 Å². The minimum absolute atomic E-state index is 0.0177. The molecule has 8 fully saturated rings. The molecule has 8 aliphatic rings. The van der Waals surface area contributed by atoms with Gasteiger partial charge in [-0.25, -0.2) is 0 Å². The maximum Gasteiger partial charge on any atom is 0.308 e. The number of carbonyl (C=O) groups excluding carboxylic acids is 2. The predicted octanol–water partition coefficient (Wildman–Crippen LogP) is 2.46. The van der Waals surface area contributed by atoms with E-state index in [1.54, 1.807) is 0 Å². The van der Waals surface area contributed by atoms with Crippen LogP contribution in [0.5, 0.6) is 0 Å². The second-order valence-electron chi connectivity index (χ2n) is 18.3. The van der Waals surface area contributed by atoms with Gasteiger partial charge >= 0.3 is 5.97 Å². The zero-order valence-electron chi connectivity index (χ0n) is 33.1. The highest BCUT2D eigenvalue weighted by molar-refractivity contribution is 5.79. The van der Waals surface area contributed by atoms with Gasteiger partial charge in [-0.15, -0.1) is 0 Å². The first kappa shape index (κ1) is 41.2. The second-order valence-corrected chi connectivity index (χ2v) is 18.3. The van der Waals surface area contributed by atoms with E-state index in [2.05, 4.69) is 20.4 Å². The Balaban J connectivity index is 1.03. The van der Waals surface area contributed by atoms with Crippen LogP contribution in [0.25, 0.3) is 0 Å². The lowest BCUT2D eigenvalue weighted by Gasteiger charge is -2.51. The number of hydrogen-bond donors (Lipinski definition) is 4. The number of ether oxygens (including phenoxy) is 8. The molecule has 14 heteroatoms. The van der Waals surface area contributed by atoms with E-state index in [9.17, 15) is 30.0 Å². The number of carbonyl (C=O) groups is 2. The molecule has 8 aliphatic heterocycles. The van der Waals surface area contributed by atoms with E-state index >= 15 is 0 Å². The monoisotopic (exact) mass is 792 g/mol. The minimum Gasteiger partial charge on any atom is -0.459 e. The minimum atomic E-state index is -1.12. The molecule has 8 saturated heterocycles. The zero-order chi connectivity index (χ0) is 39.4. The molecule has 8 rings (SSSR count). The third-order valence-corrected chi connectivity index (χ3v) is 14.3. The standard InChI is InChI=1S/C42H64O14/c1-19-13-25-7-9-28-20(2)14-24(49-28)6-5-23(44)15-32-36(47)41-42(55-32)37(48)40-30(54-41)10-8-26(51-40)16-35(46)56-39-22(4)38-33(17-27(45)29(53-38)11-12-43)52-34(39)18-31(50-25)21(19)3/h19-20,22,24-34,36-43,45,47-48H,3,5-18H2,1-2,4H3/t19?,20?,22-,24?,25?,26?,27?,28-,29?,30?,31?,32?,33-,34-,36-,37?,38?,39?,40-,41-,42?/m0/s1. The molecule has 4 N–H and O–H groups in total. The summed E-state index contributed by atoms with van der Waals surface area (Å²) in [7, 11) is 0. The molecule has 316 valence electrons. The van der Waals surface area contributed by atoms with Gasteiger partial charge in [0.05, 0.1) is 79.7 Å². The number of aliphatic hydroxyl groups is 4. The first-order valence-electron chi connectivity index (χ1n) is 21.5. The molecule has 0 spiro atoms. The average Bonchev–Trinajstić information content (AvgIpc) is 3.68. The van der Waals surface area contributed by atoms with Gasteiger partial charge in [0.25, 0.3) is 0 Å². The summed E-state index contributed by atoms with van der Waals surface area (Å²) in [5.41, 5.74) is 0.978. The van der Waals surface area contributed by atoms with Crippen LogP contribution in [0.15, 0.2) is 12.2 Å². The van der Waals surface area contributed by atoms with Gasteiger partial charge in [-0.3, -0.25) is 9.59 Å². The highest BCUT2D eigenvalue weighted by Gasteiger charge is 2.58. The molecule has 21 atom stereocenters. The summed E-state index contributed by atoms with van der Waals surface area (Å²) in [5, 5.41) is 43.2. The van der Waals surface area contributed by atoms with Crippen molar-refractivity contribution in [2.24, 2.45) is 17.8 Å². The quantitative estimate of drug-likeness (QED) is 0.236. The fourth-order valence-corrected chi connectivity index (χ4v) is 11.1. The Bertz CT molecular complexity index is 1410. The fraction of sp³-hybridized carbons (Fsp3) is 0.905. The van der Waals surface area contributed by atoms with E-state index < -0.39 is 91.4 Å². The summed E-state index contributed by atoms with van der Waals surface area (Å²) in [4.78, 5) is 27.1. The molecular weight excluding hydrogens is 728 g/mol. The summed E-state index contributed by atoms with van der Waals surface area (Å²) in [6.45, 7) is 10.7. The Morgan fingerprint density at radius 1 is 0.625 bits per heavy atom. The van der Waals surface area contributed by atoms with Gasteiger partial charge < -0.3 is 58.3 Å². The van der Waals surface area contributed by atoms with Gasteiger partial charge in [0, 0.05) is 38.2 Å². The molecule has 0 radical (unpaired) electrons. The van der Waals surface area contributed by atoms with E-state index in [4.69, 9.17) is 37.9 Å². The van der Waals surface area contributed by atoms with Crippen LogP contribution in [0.2, 0.25) is 0 Å². The molecule has 8 bridgehead atoms. The van der Waals surface area contributed by atoms with Crippen molar-refractivity contribution in [2.75, 3.05) is 6.61 Å². The number of fused-ring (bicyclic) bond motifs is 8. The van der Waals surface area contributed by atoms with Crippen molar-refractivity contribution in [1.29, 1.82) is 0 Å². The molecular formula is C42H64O14. The first-order valence-corrected chi connectivity index (χ1v) is 21.5. The molecule has 8 heterocycles. The van der Waals surface area contributed by atoms with E-state index in [0.717, 1.165) is 31.3 Å². The predicted molar refractivity (Wildman–Crippen MR) is 197 cm³/mol. The normalized spacial score (nSPS) is 51.8. The first-order chi connectivity index (χ1) is 26.9. The lowest BCUT2D eigenvalue weighted by Crippen LogP contribution is -2.62. The molecule has 14 nitrogen and oxygen atoms in total. The molecule has 0 saturated carbocycles. The molecule has 0 aromatic heterocycles. The van der Waals surface area contributed by atoms with Crippen molar-refractivity contribution in [3.05, 3.63) is 12.2 Å². The number of esters is 1. The SMILES string of the molecule is C=C1C(C)CC2CC[C@@H]3OC(CCC(=O)CC4OC5C(O)[C@H]6OC(CCC6O[C@H]5[C@H]4O)CC(=O)OC4[C@@H](C)C5OC(CCO)C(O)C[C@@H]5O[C@H]4CC1O2)CC3C. The molecule has 0 amide bonds. The van der Waals surface area contributed by atoms with Crippen molar-refractivity contribution < 1.29 is 67.9 Å². The maximum absolute atomic E-state index is 13.9. The maximum atomic E-state index is 13.9. The van der Waals surface area contributed by atoms with Crippen LogP contribution in [0.3, 0.4) is 0 Å². The summed E-state index contributed by atoms with van der Waals surface area (Å²) in [6, 6.07) is 0. The lowest BCUT2D eigenvalue weighted by molar-refractivity contribution is -0.275. The number of aliphatic hydroxyl groups excluding tert-OH is 4. The van der Waals surface area contributed by atoms with E-state index in [-0.39, 0.29) is 67.9 Å². The Morgan fingerprint density at radius 2 is 1.34 bits per heavy atom. The molecule has 0 aromatic rings. The van der Waals surface area contributed by atoms with E-state index in [1.807, 2.05) is 6.92 Å². The Kier molecular flexibility index (Phi) is 12.6. The topological polar surface area (TPSA) is 189 Å². The smallest absolute Gasteiger partial charge is 0.308 e. The van der Waals surface area contributed by atoms with E-state index in [1.165, 1.54) is 0 Å². The molecule has 14 unspecified atom stereocenters. The van der Waals surface area contributed by atoms with Crippen LogP contribution < -0.4 is 0 Å². The van der Waals surface area contributed by atoms with Crippen molar-refractivity contribution >= 4 is 11.8 Å². The van der Waals surface area contributed by atoms with Gasteiger partial charge in [-0.1, -0.05) is 27.4 Å². The summed E-state index contributed by atoms with van der Waals surface area (Å²) in [6.07, 6.45) is -4.15. The van der Waals surface area contributed by atoms with Crippen molar-refractivity contribution in [3.63, 3.8) is 0 Å². The van der Waals surface area contributed by atoms with Crippen LogP contribution in [0.1, 0.15) is 104 Å². The van der Waals surface area contributed by atoms with Gasteiger partial charge in [-0.2, -0.15) is 0 Å². The van der Waals surface area contributed by atoms with Crippen LogP contribution in [0, 0.1) is 17.8 Å². The number of rotatable bonds is 2. The lowest BCUT2D eigenvalue weighted by atomic mass is 9.79. The van der Waals surface area contributed by atoms with Crippen LogP contribution in [0.4, 0.5) is 0 Å². The van der Waals surface area contributed by atoms with Crippen molar-refractivity contribution in [1.82, 2.24) is 0 Å².